The first-order chi connectivity index (χ1) is 10.1. The summed E-state index contributed by atoms with van der Waals surface area (Å²) in [5.41, 5.74) is 0.405. The summed E-state index contributed by atoms with van der Waals surface area (Å²) in [6.07, 6.45) is 0.785. The monoisotopic (exact) mass is 306 g/mol. The third-order valence-electron chi connectivity index (χ3n) is 2.61. The van der Waals surface area contributed by atoms with Crippen molar-refractivity contribution in [1.29, 1.82) is 0 Å². The van der Waals surface area contributed by atoms with Gasteiger partial charge in [0.2, 0.25) is 5.91 Å². The van der Waals surface area contributed by atoms with Crippen molar-refractivity contribution < 1.29 is 14.1 Å². The molecule has 1 atom stereocenters. The second-order valence-corrected chi connectivity index (χ2v) is 5.20. The quantitative estimate of drug-likeness (QED) is 0.856. The van der Waals surface area contributed by atoms with E-state index in [1.807, 2.05) is 0 Å². The van der Waals surface area contributed by atoms with Crippen LogP contribution in [0.2, 0.25) is 0 Å². The van der Waals surface area contributed by atoms with Gasteiger partial charge in [0.1, 0.15) is 5.76 Å². The minimum atomic E-state index is -0.595. The second kappa shape index (κ2) is 5.48. The summed E-state index contributed by atoms with van der Waals surface area (Å²) < 4.78 is 4.84. The molecular formula is C11H10N6O3S. The van der Waals surface area contributed by atoms with Gasteiger partial charge in [0, 0.05) is 6.07 Å². The van der Waals surface area contributed by atoms with Crippen LogP contribution in [0.3, 0.4) is 0 Å². The van der Waals surface area contributed by atoms with Crippen LogP contribution in [0.15, 0.2) is 37.6 Å². The lowest BCUT2D eigenvalue weighted by molar-refractivity contribution is -0.116. The maximum absolute atomic E-state index is 11.7. The minimum Gasteiger partial charge on any atom is -0.360 e. The van der Waals surface area contributed by atoms with E-state index in [-0.39, 0.29) is 17.6 Å². The molecule has 108 valence electrons. The number of aliphatic imine (C=N–C) groups is 1. The van der Waals surface area contributed by atoms with Gasteiger partial charge in [-0.15, -0.1) is 0 Å². The minimum absolute atomic E-state index is 0.0773. The van der Waals surface area contributed by atoms with Crippen molar-refractivity contribution in [2.75, 3.05) is 11.1 Å². The van der Waals surface area contributed by atoms with E-state index in [9.17, 15) is 9.59 Å². The first-order valence-electron chi connectivity index (χ1n) is 5.97. The Morgan fingerprint density at radius 2 is 2.43 bits per heavy atom. The third-order valence-corrected chi connectivity index (χ3v) is 3.50. The average molecular weight is 306 g/mol. The lowest BCUT2D eigenvalue weighted by atomic mass is 10.2. The Balaban J connectivity index is 1.55. The predicted molar refractivity (Wildman–Crippen MR) is 74.6 cm³/mol. The summed E-state index contributed by atoms with van der Waals surface area (Å²) in [6.45, 7) is 1.73. The van der Waals surface area contributed by atoms with E-state index < -0.39 is 6.17 Å². The van der Waals surface area contributed by atoms with E-state index in [1.54, 1.807) is 13.0 Å². The lowest BCUT2D eigenvalue weighted by Gasteiger charge is -2.16. The number of hydrogen-bond acceptors (Lipinski definition) is 8. The van der Waals surface area contributed by atoms with E-state index in [4.69, 9.17) is 4.52 Å². The zero-order chi connectivity index (χ0) is 14.8. The van der Waals surface area contributed by atoms with Crippen molar-refractivity contribution in [1.82, 2.24) is 10.5 Å². The number of amidine groups is 1. The number of rotatable bonds is 3. The Morgan fingerprint density at radius 3 is 3.19 bits per heavy atom. The van der Waals surface area contributed by atoms with Crippen LogP contribution in [0, 0.1) is 6.92 Å². The number of thioether (sulfide) groups is 1. The van der Waals surface area contributed by atoms with Gasteiger partial charge in [-0.25, -0.2) is 4.99 Å². The third kappa shape index (κ3) is 2.99. The molecular weight excluding hydrogens is 296 g/mol. The van der Waals surface area contributed by atoms with Crippen LogP contribution in [-0.4, -0.2) is 34.1 Å². The summed E-state index contributed by atoms with van der Waals surface area (Å²) in [4.78, 5) is 27.6. The number of aryl methyl sites for hydroxylation is 1. The number of azo groups is 1. The van der Waals surface area contributed by atoms with Crippen molar-refractivity contribution in [3.8, 4) is 0 Å². The van der Waals surface area contributed by atoms with Crippen LogP contribution in [0.1, 0.15) is 5.76 Å². The second-order valence-electron chi connectivity index (χ2n) is 4.24. The van der Waals surface area contributed by atoms with Crippen molar-refractivity contribution in [2.45, 2.75) is 13.1 Å². The van der Waals surface area contributed by atoms with Crippen molar-refractivity contribution >= 4 is 34.6 Å². The number of hydrogen-bond donors (Lipinski definition) is 2. The van der Waals surface area contributed by atoms with E-state index >= 15 is 0 Å². The molecule has 0 radical (unpaired) electrons. The van der Waals surface area contributed by atoms with Crippen LogP contribution in [0.4, 0.5) is 5.82 Å². The van der Waals surface area contributed by atoms with Gasteiger partial charge in [-0.2, -0.15) is 10.2 Å². The van der Waals surface area contributed by atoms with Crippen LogP contribution in [-0.2, 0) is 9.59 Å². The highest BCUT2D eigenvalue weighted by atomic mass is 32.2. The normalized spacial score (nSPS) is 19.7. The highest BCUT2D eigenvalue weighted by Crippen LogP contribution is 2.22. The summed E-state index contributed by atoms with van der Waals surface area (Å²) in [5, 5.41) is 16.6. The van der Waals surface area contributed by atoms with Gasteiger partial charge in [0.15, 0.2) is 17.2 Å². The van der Waals surface area contributed by atoms with Crippen LogP contribution < -0.4 is 10.6 Å². The van der Waals surface area contributed by atoms with Gasteiger partial charge in [0.05, 0.1) is 17.5 Å². The van der Waals surface area contributed by atoms with Gasteiger partial charge >= 0.3 is 0 Å². The van der Waals surface area contributed by atoms with Crippen molar-refractivity contribution in [3.63, 3.8) is 0 Å². The number of carbonyl (C=O) groups excluding carboxylic acids is 2. The molecule has 0 saturated heterocycles. The molecule has 2 amide bonds. The summed E-state index contributed by atoms with van der Waals surface area (Å²) in [5.74, 6) is 0.457. The first kappa shape index (κ1) is 13.5. The van der Waals surface area contributed by atoms with Gasteiger partial charge in [0.25, 0.3) is 5.91 Å². The topological polar surface area (TPSA) is 121 Å². The maximum atomic E-state index is 11.7. The molecule has 10 heteroatoms. The molecule has 3 heterocycles. The van der Waals surface area contributed by atoms with Crippen LogP contribution >= 0.6 is 11.8 Å². The average Bonchev–Trinajstić information content (AvgIpc) is 3.06. The number of nitrogens with zero attached hydrogens (tertiary/aromatic N) is 4. The van der Waals surface area contributed by atoms with Crippen LogP contribution in [0.25, 0.3) is 0 Å². The summed E-state index contributed by atoms with van der Waals surface area (Å²) >= 11 is 1.10. The molecule has 2 aliphatic heterocycles. The highest BCUT2D eigenvalue weighted by molar-refractivity contribution is 8.14. The van der Waals surface area contributed by atoms with Gasteiger partial charge < -0.3 is 15.2 Å². The van der Waals surface area contributed by atoms with E-state index in [2.05, 4.69) is 31.0 Å². The molecule has 0 fully saturated rings. The predicted octanol–water partition coefficient (Wildman–Crippen LogP) is 0.816. The largest absolute Gasteiger partial charge is 0.360 e. The number of carbonyl (C=O) groups is 2. The molecule has 3 rings (SSSR count). The SMILES string of the molecule is Cc1cc(NC(=O)CSC2=NC3N=NC=C3C(=O)N2)no1. The number of aromatic nitrogens is 1. The lowest BCUT2D eigenvalue weighted by Crippen LogP contribution is -2.38. The molecule has 2 aliphatic rings. The zero-order valence-electron chi connectivity index (χ0n) is 10.9. The van der Waals surface area contributed by atoms with Crippen LogP contribution in [0.5, 0.6) is 0 Å². The molecule has 1 aromatic heterocycles. The fraction of sp³-hybridized carbons (Fsp3) is 0.273. The highest BCUT2D eigenvalue weighted by Gasteiger charge is 2.29. The Labute approximate surface area is 123 Å². The molecule has 0 aromatic carbocycles. The maximum Gasteiger partial charge on any atom is 0.258 e. The Morgan fingerprint density at radius 1 is 1.57 bits per heavy atom. The molecule has 2 N–H and O–H groups in total. The fourth-order valence-corrected chi connectivity index (χ4v) is 2.36. The molecule has 1 unspecified atom stereocenters. The number of anilines is 1. The first-order valence-corrected chi connectivity index (χ1v) is 6.95. The molecule has 1 aromatic rings. The fourth-order valence-electron chi connectivity index (χ4n) is 1.68. The standard InChI is InChI=1S/C11H10N6O3S/c1-5-2-7(17-20-5)13-8(18)4-21-11-14-9-6(3-12-16-9)10(19)15-11/h2-3,9H,4H2,1H3,(H,13,17,18)(H,14,15,19). The number of amides is 2. The molecule has 9 nitrogen and oxygen atoms in total. The number of nitrogens with one attached hydrogen (secondary N) is 2. The Bertz CT molecular complexity index is 692. The van der Waals surface area contributed by atoms with E-state index in [0.29, 0.717) is 22.3 Å². The van der Waals surface area contributed by atoms with Crippen molar-refractivity contribution in [3.05, 3.63) is 23.6 Å². The van der Waals surface area contributed by atoms with E-state index in [1.165, 1.54) is 6.20 Å². The smallest absolute Gasteiger partial charge is 0.258 e. The molecule has 0 aliphatic carbocycles. The Hall–Kier alpha value is -2.49. The van der Waals surface area contributed by atoms with Gasteiger partial charge in [-0.3, -0.25) is 9.59 Å². The Kier molecular flexibility index (Phi) is 3.52. The van der Waals surface area contributed by atoms with E-state index in [0.717, 1.165) is 11.8 Å². The van der Waals surface area contributed by atoms with Crippen molar-refractivity contribution in [2.24, 2.45) is 15.2 Å². The van der Waals surface area contributed by atoms with Gasteiger partial charge in [-0.05, 0) is 6.92 Å². The molecule has 0 spiro atoms. The molecule has 0 saturated carbocycles. The molecule has 0 bridgehead atoms. The zero-order valence-corrected chi connectivity index (χ0v) is 11.7. The summed E-state index contributed by atoms with van der Waals surface area (Å²) in [7, 11) is 0. The van der Waals surface area contributed by atoms with Gasteiger partial charge in [-0.1, -0.05) is 16.9 Å². The number of fused-ring (bicyclic) bond motifs is 1. The molecule has 21 heavy (non-hydrogen) atoms. The summed E-state index contributed by atoms with van der Waals surface area (Å²) in [6, 6.07) is 1.61.